The van der Waals surface area contributed by atoms with Gasteiger partial charge in [-0.2, -0.15) is 0 Å². The summed E-state index contributed by atoms with van der Waals surface area (Å²) < 4.78 is 0. The molecule has 8 heavy (non-hydrogen) atoms. The maximum atomic E-state index is 9.63. The second-order valence-electron chi connectivity index (χ2n) is 1.64. The zero-order chi connectivity index (χ0) is 6.24. The predicted octanol–water partition coefficient (Wildman–Crippen LogP) is 2.05. The number of alkyl halides is 1. The van der Waals surface area contributed by atoms with Gasteiger partial charge in [-0.3, -0.25) is 4.79 Å². The third-order valence-corrected chi connectivity index (χ3v) is 1.47. The quantitative estimate of drug-likeness (QED) is 0.465. The number of hydrogen-bond donors (Lipinski definition) is 0. The maximum Gasteiger partial charge on any atom is 0.198 e. The lowest BCUT2D eigenvalue weighted by atomic mass is 10.2. The van der Waals surface area contributed by atoms with Crippen molar-refractivity contribution in [1.29, 1.82) is 0 Å². The molecule has 0 amide bonds. The molecule has 0 rings (SSSR count). The van der Waals surface area contributed by atoms with Crippen LogP contribution >= 0.6 is 15.9 Å². The van der Waals surface area contributed by atoms with Crippen LogP contribution < -0.4 is 0 Å². The molecule has 0 aromatic carbocycles. The molecule has 0 heterocycles. The van der Waals surface area contributed by atoms with Crippen LogP contribution in [0.2, 0.25) is 0 Å². The molecule has 0 unspecified atom stereocenters. The van der Waals surface area contributed by atoms with Crippen LogP contribution in [-0.2, 0) is 4.79 Å². The fraction of sp³-hybridized carbons (Fsp3) is 0.833. The van der Waals surface area contributed by atoms with Crippen molar-refractivity contribution in [3.8, 4) is 0 Å². The van der Waals surface area contributed by atoms with E-state index < -0.39 is 0 Å². The van der Waals surface area contributed by atoms with Gasteiger partial charge in [-0.05, 0) is 12.8 Å². The van der Waals surface area contributed by atoms with Gasteiger partial charge in [0.05, 0.1) is 0 Å². The molecule has 2 heteroatoms. The number of unbranched alkanes of at least 4 members (excludes halogenated alkanes) is 3. The van der Waals surface area contributed by atoms with Crippen LogP contribution in [0.4, 0.5) is 0 Å². The van der Waals surface area contributed by atoms with Gasteiger partial charge >= 0.3 is 0 Å². The summed E-state index contributed by atoms with van der Waals surface area (Å²) in [6.45, 7) is 0. The lowest BCUT2D eigenvalue weighted by Crippen LogP contribution is -1.78. The summed E-state index contributed by atoms with van der Waals surface area (Å²) in [7, 11) is 0. The Morgan fingerprint density at radius 3 is 2.50 bits per heavy atom. The van der Waals surface area contributed by atoms with Gasteiger partial charge in [-0.15, -0.1) is 0 Å². The molecule has 0 aliphatic rings. The summed E-state index contributed by atoms with van der Waals surface area (Å²) in [6, 6.07) is 0. The van der Waals surface area contributed by atoms with Gasteiger partial charge in [-0.25, -0.2) is 0 Å². The maximum absolute atomic E-state index is 9.63. The minimum Gasteiger partial charge on any atom is -0.291 e. The van der Waals surface area contributed by atoms with Crippen molar-refractivity contribution in [2.24, 2.45) is 0 Å². The van der Waals surface area contributed by atoms with Crippen molar-refractivity contribution >= 4 is 22.2 Å². The van der Waals surface area contributed by atoms with Gasteiger partial charge in [0.2, 0.25) is 0 Å². The van der Waals surface area contributed by atoms with E-state index >= 15 is 0 Å². The molecule has 0 aliphatic carbocycles. The molecule has 47 valence electrons. The zero-order valence-electron chi connectivity index (χ0n) is 4.82. The summed E-state index contributed by atoms with van der Waals surface area (Å²) in [4.78, 5) is 9.63. The lowest BCUT2D eigenvalue weighted by Gasteiger charge is -1.88. The van der Waals surface area contributed by atoms with Gasteiger partial charge in [0.15, 0.2) is 6.29 Å². The van der Waals surface area contributed by atoms with Crippen molar-refractivity contribution < 1.29 is 4.79 Å². The molecule has 1 radical (unpaired) electrons. The number of halogens is 1. The van der Waals surface area contributed by atoms with E-state index in [0.29, 0.717) is 6.42 Å². The van der Waals surface area contributed by atoms with Crippen molar-refractivity contribution in [2.45, 2.75) is 25.7 Å². The predicted molar refractivity (Wildman–Crippen MR) is 38.0 cm³/mol. The largest absolute Gasteiger partial charge is 0.291 e. The summed E-state index contributed by atoms with van der Waals surface area (Å²) in [6.07, 6.45) is 5.77. The topological polar surface area (TPSA) is 17.1 Å². The molecule has 0 saturated carbocycles. The standard InChI is InChI=1S/C6H10BrO/c7-5-3-1-2-4-6-8/h1-5H2. The fourth-order valence-electron chi connectivity index (χ4n) is 0.468. The van der Waals surface area contributed by atoms with Crippen LogP contribution in [0.5, 0.6) is 0 Å². The first-order valence-electron chi connectivity index (χ1n) is 2.82. The summed E-state index contributed by atoms with van der Waals surface area (Å²) in [5, 5.41) is 1.05. The molecule has 0 N–H and O–H groups in total. The number of rotatable bonds is 5. The van der Waals surface area contributed by atoms with Crippen molar-refractivity contribution in [3.05, 3.63) is 0 Å². The Bertz CT molecular complexity index is 54.5. The Morgan fingerprint density at radius 1 is 1.25 bits per heavy atom. The van der Waals surface area contributed by atoms with Gasteiger partial charge < -0.3 is 0 Å². The molecule has 1 nitrogen and oxygen atoms in total. The van der Waals surface area contributed by atoms with Crippen molar-refractivity contribution in [1.82, 2.24) is 0 Å². The average Bonchev–Trinajstić information content (AvgIpc) is 1.81. The van der Waals surface area contributed by atoms with E-state index in [4.69, 9.17) is 0 Å². The molecule has 0 saturated heterocycles. The zero-order valence-corrected chi connectivity index (χ0v) is 6.41. The normalized spacial score (nSPS) is 9.12. The SMILES string of the molecule is O=[C]CCCCCBr. The van der Waals surface area contributed by atoms with E-state index in [1.807, 2.05) is 6.29 Å². The van der Waals surface area contributed by atoms with E-state index in [9.17, 15) is 4.79 Å². The second-order valence-corrected chi connectivity index (χ2v) is 2.44. The Kier molecular flexibility index (Phi) is 7.28. The Morgan fingerprint density at radius 2 is 2.00 bits per heavy atom. The fourth-order valence-corrected chi connectivity index (χ4v) is 0.865. The minimum absolute atomic E-state index is 0.604. The molecular formula is C6H10BrO. The third kappa shape index (κ3) is 6.15. The van der Waals surface area contributed by atoms with Crippen molar-refractivity contribution in [3.63, 3.8) is 0 Å². The number of carbonyl (C=O) groups excluding carboxylic acids is 1. The van der Waals surface area contributed by atoms with E-state index in [-0.39, 0.29) is 0 Å². The minimum atomic E-state index is 0.604. The first kappa shape index (κ1) is 8.15. The molecule has 0 aromatic heterocycles. The van der Waals surface area contributed by atoms with Gasteiger partial charge in [0, 0.05) is 11.8 Å². The molecule has 0 fully saturated rings. The highest BCUT2D eigenvalue weighted by Gasteiger charge is 1.85. The van der Waals surface area contributed by atoms with Crippen LogP contribution in [-0.4, -0.2) is 11.6 Å². The Balaban J connectivity index is 2.62. The first-order valence-corrected chi connectivity index (χ1v) is 3.95. The Labute approximate surface area is 58.6 Å². The molecule has 0 spiro atoms. The highest BCUT2D eigenvalue weighted by molar-refractivity contribution is 9.09. The summed E-state index contributed by atoms with van der Waals surface area (Å²) >= 11 is 3.30. The molecule has 0 aromatic rings. The third-order valence-electron chi connectivity index (χ3n) is 0.912. The van der Waals surface area contributed by atoms with Crippen LogP contribution in [0.1, 0.15) is 25.7 Å². The van der Waals surface area contributed by atoms with Gasteiger partial charge in [-0.1, -0.05) is 22.4 Å². The average molecular weight is 178 g/mol. The van der Waals surface area contributed by atoms with Gasteiger partial charge in [0.25, 0.3) is 0 Å². The molecule has 0 bridgehead atoms. The highest BCUT2D eigenvalue weighted by atomic mass is 79.9. The highest BCUT2D eigenvalue weighted by Crippen LogP contribution is 1.99. The number of hydrogen-bond acceptors (Lipinski definition) is 1. The van der Waals surface area contributed by atoms with E-state index in [1.54, 1.807) is 0 Å². The Hall–Kier alpha value is 0.150. The smallest absolute Gasteiger partial charge is 0.198 e. The molecular weight excluding hydrogens is 168 g/mol. The van der Waals surface area contributed by atoms with E-state index in [0.717, 1.165) is 18.2 Å². The van der Waals surface area contributed by atoms with Crippen LogP contribution in [0.3, 0.4) is 0 Å². The van der Waals surface area contributed by atoms with Gasteiger partial charge in [0.1, 0.15) is 0 Å². The van der Waals surface area contributed by atoms with Crippen LogP contribution in [0.15, 0.2) is 0 Å². The summed E-state index contributed by atoms with van der Waals surface area (Å²) in [5.41, 5.74) is 0. The molecule has 0 aliphatic heterocycles. The van der Waals surface area contributed by atoms with Crippen LogP contribution in [0, 0.1) is 0 Å². The van der Waals surface area contributed by atoms with Crippen LogP contribution in [0.25, 0.3) is 0 Å². The lowest BCUT2D eigenvalue weighted by molar-refractivity contribution is 0.546. The molecule has 0 atom stereocenters. The monoisotopic (exact) mass is 177 g/mol. The summed E-state index contributed by atoms with van der Waals surface area (Å²) in [5.74, 6) is 0. The first-order chi connectivity index (χ1) is 3.91. The second kappa shape index (κ2) is 7.15. The van der Waals surface area contributed by atoms with E-state index in [1.165, 1.54) is 6.42 Å². The van der Waals surface area contributed by atoms with Crippen molar-refractivity contribution in [2.75, 3.05) is 5.33 Å². The van der Waals surface area contributed by atoms with E-state index in [2.05, 4.69) is 15.9 Å².